The summed E-state index contributed by atoms with van der Waals surface area (Å²) in [5.74, 6) is 3.42. The fraction of sp³-hybridized carbons (Fsp3) is 0.538. The predicted molar refractivity (Wildman–Crippen MR) is 61.8 cm³/mol. The van der Waals surface area contributed by atoms with Gasteiger partial charge in [0.05, 0.1) is 5.76 Å². The normalized spacial score (nSPS) is 11.4. The van der Waals surface area contributed by atoms with Gasteiger partial charge in [-0.25, -0.2) is 0 Å². The molecule has 0 bridgehead atoms. The van der Waals surface area contributed by atoms with Gasteiger partial charge < -0.3 is 4.74 Å². The first kappa shape index (κ1) is 12.8. The minimum absolute atomic E-state index is 0.367. The molecule has 0 aliphatic heterocycles. The third kappa shape index (κ3) is 6.37. The molecule has 0 atom stereocenters. The second-order valence-electron chi connectivity index (χ2n) is 3.65. The van der Waals surface area contributed by atoms with Crippen LogP contribution in [-0.2, 0) is 4.74 Å². The molecule has 0 aromatic heterocycles. The predicted octanol–water partition coefficient (Wildman–Crippen LogP) is 3.68. The van der Waals surface area contributed by atoms with E-state index in [1.165, 1.54) is 11.1 Å². The van der Waals surface area contributed by atoms with Crippen LogP contribution in [0.4, 0.5) is 0 Å². The molecule has 0 aromatic carbocycles. The Bertz CT molecular complexity index is 259. The van der Waals surface area contributed by atoms with Crippen molar-refractivity contribution in [1.29, 1.82) is 0 Å². The Kier molecular flexibility index (Phi) is 6.66. The summed E-state index contributed by atoms with van der Waals surface area (Å²) >= 11 is 0. The minimum atomic E-state index is 0.367. The number of hydrogen-bond acceptors (Lipinski definition) is 1. The maximum Gasteiger partial charge on any atom is 0.148 e. The molecule has 0 unspecified atom stereocenters. The monoisotopic (exact) mass is 192 g/mol. The van der Waals surface area contributed by atoms with E-state index in [9.17, 15) is 0 Å². The zero-order valence-corrected chi connectivity index (χ0v) is 9.68. The quantitative estimate of drug-likeness (QED) is 0.367. The highest BCUT2D eigenvalue weighted by molar-refractivity contribution is 5.06. The molecule has 0 spiro atoms. The van der Waals surface area contributed by atoms with E-state index in [1.54, 1.807) is 0 Å². The summed E-state index contributed by atoms with van der Waals surface area (Å²) < 4.78 is 5.33. The highest BCUT2D eigenvalue weighted by atomic mass is 16.5. The fourth-order valence-electron chi connectivity index (χ4n) is 1.03. The Morgan fingerprint density at radius 3 is 2.43 bits per heavy atom. The van der Waals surface area contributed by atoms with Crippen molar-refractivity contribution >= 4 is 0 Å². The molecule has 0 fully saturated rings. The number of allylic oxidation sites excluding steroid dienone is 4. The van der Waals surface area contributed by atoms with Crippen molar-refractivity contribution in [3.05, 3.63) is 23.0 Å². The van der Waals surface area contributed by atoms with E-state index < -0.39 is 0 Å². The molecule has 0 aliphatic rings. The van der Waals surface area contributed by atoms with Crippen LogP contribution >= 0.6 is 0 Å². The lowest BCUT2D eigenvalue weighted by Gasteiger charge is -2.06. The van der Waals surface area contributed by atoms with Gasteiger partial charge in [-0.15, -0.1) is 6.42 Å². The summed E-state index contributed by atoms with van der Waals surface area (Å²) in [5.41, 5.74) is 2.64. The molecule has 0 saturated carbocycles. The molecule has 0 aliphatic carbocycles. The highest BCUT2D eigenvalue weighted by Gasteiger charge is 1.96. The molecule has 0 saturated heterocycles. The van der Waals surface area contributed by atoms with Gasteiger partial charge in [-0.1, -0.05) is 17.6 Å². The van der Waals surface area contributed by atoms with Crippen LogP contribution in [0.15, 0.2) is 23.0 Å². The zero-order valence-electron chi connectivity index (χ0n) is 9.68. The van der Waals surface area contributed by atoms with Crippen LogP contribution in [0.3, 0.4) is 0 Å². The minimum Gasteiger partial charge on any atom is -0.486 e. The van der Waals surface area contributed by atoms with Crippen LogP contribution in [0, 0.1) is 12.3 Å². The topological polar surface area (TPSA) is 9.23 Å². The van der Waals surface area contributed by atoms with E-state index in [4.69, 9.17) is 11.2 Å². The van der Waals surface area contributed by atoms with Crippen LogP contribution in [0.25, 0.3) is 0 Å². The molecule has 1 nitrogen and oxygen atoms in total. The lowest BCUT2D eigenvalue weighted by atomic mass is 10.1. The van der Waals surface area contributed by atoms with Crippen molar-refractivity contribution in [2.45, 2.75) is 40.5 Å². The van der Waals surface area contributed by atoms with Gasteiger partial charge in [0.2, 0.25) is 0 Å². The van der Waals surface area contributed by atoms with Crippen LogP contribution in [-0.4, -0.2) is 6.61 Å². The Balaban J connectivity index is 3.98. The number of ether oxygens (including phenoxy) is 1. The molecular formula is C13H20O. The molecule has 0 N–H and O–H groups in total. The first-order valence-corrected chi connectivity index (χ1v) is 4.94. The van der Waals surface area contributed by atoms with Gasteiger partial charge in [-0.3, -0.25) is 0 Å². The van der Waals surface area contributed by atoms with Crippen LogP contribution in [0.1, 0.15) is 40.5 Å². The smallest absolute Gasteiger partial charge is 0.148 e. The number of rotatable bonds is 5. The largest absolute Gasteiger partial charge is 0.486 e. The highest BCUT2D eigenvalue weighted by Crippen LogP contribution is 2.12. The first-order valence-electron chi connectivity index (χ1n) is 4.94. The second kappa shape index (κ2) is 7.26. The molecule has 0 radical (unpaired) electrons. The van der Waals surface area contributed by atoms with Gasteiger partial charge in [0.1, 0.15) is 6.61 Å². The molecule has 14 heavy (non-hydrogen) atoms. The van der Waals surface area contributed by atoms with Gasteiger partial charge in [-0.2, -0.15) is 0 Å². The van der Waals surface area contributed by atoms with Crippen molar-refractivity contribution in [2.24, 2.45) is 0 Å². The van der Waals surface area contributed by atoms with Gasteiger partial charge in [0.25, 0.3) is 0 Å². The molecule has 0 aromatic rings. The van der Waals surface area contributed by atoms with Gasteiger partial charge in [0.15, 0.2) is 0 Å². The van der Waals surface area contributed by atoms with Crippen LogP contribution < -0.4 is 0 Å². The third-order valence-corrected chi connectivity index (χ3v) is 2.04. The Labute approximate surface area is 87.9 Å². The lowest BCUT2D eigenvalue weighted by molar-refractivity contribution is 0.250. The molecular weight excluding hydrogens is 172 g/mol. The van der Waals surface area contributed by atoms with Crippen molar-refractivity contribution in [1.82, 2.24) is 0 Å². The maximum atomic E-state index is 5.33. The van der Waals surface area contributed by atoms with Gasteiger partial charge in [-0.05, 0) is 46.1 Å². The molecule has 0 rings (SSSR count). The molecule has 0 heterocycles. The number of terminal acetylenes is 1. The SMILES string of the molecule is C#CCO/C(C)=C(\C)CCC=C(C)C. The van der Waals surface area contributed by atoms with E-state index >= 15 is 0 Å². The van der Waals surface area contributed by atoms with E-state index in [2.05, 4.69) is 32.8 Å². The lowest BCUT2D eigenvalue weighted by Crippen LogP contribution is -1.92. The van der Waals surface area contributed by atoms with Crippen LogP contribution in [0.2, 0.25) is 0 Å². The molecule has 78 valence electrons. The molecule has 1 heteroatoms. The summed E-state index contributed by atoms with van der Waals surface area (Å²) in [6.07, 6.45) is 9.46. The Morgan fingerprint density at radius 2 is 1.93 bits per heavy atom. The van der Waals surface area contributed by atoms with Crippen LogP contribution in [0.5, 0.6) is 0 Å². The van der Waals surface area contributed by atoms with Crippen molar-refractivity contribution in [3.8, 4) is 12.3 Å². The average molecular weight is 192 g/mol. The molecule has 0 amide bonds. The van der Waals surface area contributed by atoms with E-state index in [0.717, 1.165) is 18.6 Å². The summed E-state index contributed by atoms with van der Waals surface area (Å²) in [7, 11) is 0. The van der Waals surface area contributed by atoms with Crippen molar-refractivity contribution in [2.75, 3.05) is 6.61 Å². The fourth-order valence-corrected chi connectivity index (χ4v) is 1.03. The number of hydrogen-bond donors (Lipinski definition) is 0. The van der Waals surface area contributed by atoms with E-state index in [-0.39, 0.29) is 0 Å². The van der Waals surface area contributed by atoms with Gasteiger partial charge >= 0.3 is 0 Å². The van der Waals surface area contributed by atoms with E-state index in [1.807, 2.05) is 6.92 Å². The average Bonchev–Trinajstić information content (AvgIpc) is 2.13. The summed E-state index contributed by atoms with van der Waals surface area (Å²) in [6, 6.07) is 0. The summed E-state index contributed by atoms with van der Waals surface area (Å²) in [6.45, 7) is 8.65. The standard InChI is InChI=1S/C13H20O/c1-6-10-14-13(5)12(4)9-7-8-11(2)3/h1,8H,7,9-10H2,2-5H3/b13-12+. The Morgan fingerprint density at radius 1 is 1.29 bits per heavy atom. The van der Waals surface area contributed by atoms with Gasteiger partial charge in [0, 0.05) is 0 Å². The Hall–Kier alpha value is -1.16. The summed E-state index contributed by atoms with van der Waals surface area (Å²) in [5, 5.41) is 0. The van der Waals surface area contributed by atoms with Crippen molar-refractivity contribution < 1.29 is 4.74 Å². The van der Waals surface area contributed by atoms with Crippen molar-refractivity contribution in [3.63, 3.8) is 0 Å². The maximum absolute atomic E-state index is 5.33. The third-order valence-electron chi connectivity index (χ3n) is 2.04. The first-order chi connectivity index (χ1) is 6.57. The zero-order chi connectivity index (χ0) is 11.0. The van der Waals surface area contributed by atoms with E-state index in [0.29, 0.717) is 6.61 Å². The second-order valence-corrected chi connectivity index (χ2v) is 3.65. The summed E-state index contributed by atoms with van der Waals surface area (Å²) in [4.78, 5) is 0.